The van der Waals surface area contributed by atoms with Crippen molar-refractivity contribution in [3.8, 4) is 6.07 Å². The van der Waals surface area contributed by atoms with E-state index in [4.69, 9.17) is 0 Å². The monoisotopic (exact) mass is 557 g/mol. The van der Waals surface area contributed by atoms with Crippen molar-refractivity contribution in [2.75, 3.05) is 54.4 Å². The Bertz CT molecular complexity index is 1450. The first-order valence-electron chi connectivity index (χ1n) is 14.1. The summed E-state index contributed by atoms with van der Waals surface area (Å²) >= 11 is 0. The van der Waals surface area contributed by atoms with Crippen molar-refractivity contribution in [1.29, 1.82) is 5.26 Å². The number of nitriles is 1. The fourth-order valence-electron chi connectivity index (χ4n) is 6.18. The second-order valence-corrected chi connectivity index (χ2v) is 10.9. The zero-order chi connectivity index (χ0) is 29.1. The van der Waals surface area contributed by atoms with Crippen LogP contribution in [0.5, 0.6) is 0 Å². The van der Waals surface area contributed by atoms with E-state index in [2.05, 4.69) is 39.5 Å². The molecule has 0 saturated carbocycles. The van der Waals surface area contributed by atoms with Gasteiger partial charge >= 0.3 is 0 Å². The van der Waals surface area contributed by atoms with Crippen molar-refractivity contribution in [2.24, 2.45) is 0 Å². The van der Waals surface area contributed by atoms with Gasteiger partial charge in [-0.2, -0.15) is 10.4 Å². The van der Waals surface area contributed by atoms with E-state index in [0.717, 1.165) is 54.0 Å². The average molecular weight is 558 g/mol. The third kappa shape index (κ3) is 5.81. The van der Waals surface area contributed by atoms with Crippen molar-refractivity contribution < 1.29 is 14.3 Å². The van der Waals surface area contributed by atoms with Gasteiger partial charge in [-0.15, -0.1) is 5.10 Å². The Hall–Kier alpha value is -4.23. The first-order valence-corrected chi connectivity index (χ1v) is 14.1. The predicted octanol–water partition coefficient (Wildman–Crippen LogP) is 3.82. The molecule has 2 aliphatic heterocycles. The summed E-state index contributed by atoms with van der Waals surface area (Å²) in [4.78, 5) is 19.9. The average Bonchev–Trinajstić information content (AvgIpc) is 2.99. The number of aliphatic hydroxyl groups is 1. The van der Waals surface area contributed by atoms with Crippen molar-refractivity contribution in [3.05, 3.63) is 76.2 Å². The zero-order valence-electron chi connectivity index (χ0n) is 23.8. The number of nitrogens with zero attached hydrogens (tertiary/aromatic N) is 6. The van der Waals surface area contributed by atoms with E-state index in [-0.39, 0.29) is 24.6 Å². The number of aryl methyl sites for hydroxylation is 2. The maximum atomic E-state index is 13.9. The lowest BCUT2D eigenvalue weighted by molar-refractivity contribution is 0.0697. The van der Waals surface area contributed by atoms with Gasteiger partial charge in [0, 0.05) is 56.2 Å². The third-order valence-electron chi connectivity index (χ3n) is 8.28. The van der Waals surface area contributed by atoms with Gasteiger partial charge in [0.25, 0.3) is 5.91 Å². The van der Waals surface area contributed by atoms with Crippen LogP contribution in [-0.2, 0) is 0 Å². The van der Waals surface area contributed by atoms with Gasteiger partial charge in [0.2, 0.25) is 0 Å². The summed E-state index contributed by atoms with van der Waals surface area (Å²) in [6, 6.07) is 12.2. The van der Waals surface area contributed by atoms with Crippen LogP contribution in [-0.4, -0.2) is 77.5 Å². The molecule has 3 heterocycles. The number of hydrogen-bond acceptors (Lipinski definition) is 8. The van der Waals surface area contributed by atoms with Crippen molar-refractivity contribution in [1.82, 2.24) is 15.1 Å². The maximum absolute atomic E-state index is 13.9. The first kappa shape index (κ1) is 28.3. The molecule has 0 radical (unpaired) electrons. The van der Waals surface area contributed by atoms with Crippen molar-refractivity contribution in [3.63, 3.8) is 0 Å². The van der Waals surface area contributed by atoms with E-state index in [9.17, 15) is 19.6 Å². The highest BCUT2D eigenvalue weighted by atomic mass is 19.1. The zero-order valence-corrected chi connectivity index (χ0v) is 23.8. The fraction of sp³-hybridized carbons (Fsp3) is 0.419. The number of hydrogen-bond donors (Lipinski definition) is 2. The summed E-state index contributed by atoms with van der Waals surface area (Å²) in [5.41, 5.74) is 5.75. The minimum absolute atomic E-state index is 0.0320. The number of carbonyl (C=O) groups is 1. The van der Waals surface area contributed by atoms with Gasteiger partial charge < -0.3 is 25.1 Å². The molecule has 1 atom stereocenters. The summed E-state index contributed by atoms with van der Waals surface area (Å²) in [6.45, 7) is 8.91. The number of aromatic nitrogens is 2. The molecule has 214 valence electrons. The fourth-order valence-corrected chi connectivity index (χ4v) is 6.18. The molecule has 5 rings (SSSR count). The molecular weight excluding hydrogens is 521 g/mol. The smallest absolute Gasteiger partial charge is 0.254 e. The summed E-state index contributed by atoms with van der Waals surface area (Å²) in [5.74, 6) is 0.259. The van der Waals surface area contributed by atoms with Crippen LogP contribution >= 0.6 is 0 Å². The molecule has 1 aromatic heterocycles. The van der Waals surface area contributed by atoms with Gasteiger partial charge in [-0.3, -0.25) is 4.79 Å². The Labute approximate surface area is 240 Å². The summed E-state index contributed by atoms with van der Waals surface area (Å²) < 4.78 is 13.6. The van der Waals surface area contributed by atoms with Crippen molar-refractivity contribution >= 4 is 23.1 Å². The van der Waals surface area contributed by atoms with Gasteiger partial charge in [0.15, 0.2) is 5.82 Å². The molecule has 1 amide bonds. The van der Waals surface area contributed by atoms with Crippen LogP contribution in [0.25, 0.3) is 0 Å². The lowest BCUT2D eigenvalue weighted by Gasteiger charge is -2.41. The van der Waals surface area contributed by atoms with Gasteiger partial charge in [-0.25, -0.2) is 4.39 Å². The SMILES string of the molecule is Cc1cc(C)c(C(=O)N2CCN(c3cccnn3)[C@H](CO)C2)c(C)c1NC1CCN(c2ccc(F)cc2C#N)CC1. The molecule has 10 heteroatoms. The molecule has 9 nitrogen and oxygen atoms in total. The number of rotatable bonds is 6. The van der Waals surface area contributed by atoms with Crippen LogP contribution in [0.3, 0.4) is 0 Å². The highest BCUT2D eigenvalue weighted by Crippen LogP contribution is 2.32. The number of piperazine rings is 1. The molecule has 2 aromatic carbocycles. The number of benzene rings is 2. The number of amides is 1. The molecule has 0 spiro atoms. The second kappa shape index (κ2) is 12.1. The van der Waals surface area contributed by atoms with Gasteiger partial charge in [0.05, 0.1) is 23.9 Å². The quantitative estimate of drug-likeness (QED) is 0.471. The van der Waals surface area contributed by atoms with Gasteiger partial charge in [-0.05, 0) is 80.6 Å². The van der Waals surface area contributed by atoms with E-state index in [1.54, 1.807) is 12.3 Å². The van der Waals surface area contributed by atoms with Crippen LogP contribution in [0.2, 0.25) is 0 Å². The highest BCUT2D eigenvalue weighted by Gasteiger charge is 2.32. The molecule has 0 aliphatic carbocycles. The van der Waals surface area contributed by atoms with Gasteiger partial charge in [0.1, 0.15) is 11.9 Å². The van der Waals surface area contributed by atoms with Crippen molar-refractivity contribution in [2.45, 2.75) is 45.7 Å². The first-order chi connectivity index (χ1) is 19.8. The van der Waals surface area contributed by atoms with Crippen LogP contribution < -0.4 is 15.1 Å². The summed E-state index contributed by atoms with van der Waals surface area (Å²) in [6.07, 6.45) is 3.31. The number of piperidine rings is 1. The molecule has 0 bridgehead atoms. The van der Waals surface area contributed by atoms with E-state index < -0.39 is 5.82 Å². The largest absolute Gasteiger partial charge is 0.394 e. The van der Waals surface area contributed by atoms with E-state index in [1.165, 1.54) is 12.1 Å². The summed E-state index contributed by atoms with van der Waals surface area (Å²) in [5, 5.41) is 31.4. The lowest BCUT2D eigenvalue weighted by atomic mass is 9.94. The molecule has 0 unspecified atom stereocenters. The minimum Gasteiger partial charge on any atom is -0.394 e. The molecule has 2 aliphatic rings. The van der Waals surface area contributed by atoms with Crippen LogP contribution in [0.15, 0.2) is 42.6 Å². The predicted molar refractivity (Wildman–Crippen MR) is 157 cm³/mol. The Balaban J connectivity index is 1.29. The maximum Gasteiger partial charge on any atom is 0.254 e. The molecule has 41 heavy (non-hydrogen) atoms. The Morgan fingerprint density at radius 3 is 2.59 bits per heavy atom. The highest BCUT2D eigenvalue weighted by molar-refractivity contribution is 5.99. The Morgan fingerprint density at radius 1 is 1.12 bits per heavy atom. The van der Waals surface area contributed by atoms with Crippen LogP contribution in [0.4, 0.5) is 21.6 Å². The Morgan fingerprint density at radius 2 is 1.90 bits per heavy atom. The van der Waals surface area contributed by atoms with E-state index in [0.29, 0.717) is 36.6 Å². The lowest BCUT2D eigenvalue weighted by Crippen LogP contribution is -2.56. The van der Waals surface area contributed by atoms with Crippen LogP contribution in [0.1, 0.15) is 45.5 Å². The Kier molecular flexibility index (Phi) is 8.36. The number of carbonyl (C=O) groups excluding carboxylic acids is 1. The molecule has 2 fully saturated rings. The standard InChI is InChI=1S/C31H36FN7O2/c1-20-15-21(2)30(35-25-8-11-37(12-9-25)27-7-6-24(32)16-23(27)17-33)22(3)29(20)31(41)38-13-14-39(26(18-38)19-40)28-5-4-10-34-36-28/h4-7,10,15-16,25-26,35,40H,8-9,11-14,18-19H2,1-3H3/t26-/m0/s1. The molecule has 2 N–H and O–H groups in total. The topological polar surface area (TPSA) is 109 Å². The number of aliphatic hydroxyl groups excluding tert-OH is 1. The molecular formula is C31H36FN7O2. The number of anilines is 3. The molecule has 2 saturated heterocycles. The van der Waals surface area contributed by atoms with Gasteiger partial charge in [-0.1, -0.05) is 6.07 Å². The number of halogens is 1. The minimum atomic E-state index is -0.406. The second-order valence-electron chi connectivity index (χ2n) is 10.9. The summed E-state index contributed by atoms with van der Waals surface area (Å²) in [7, 11) is 0. The van der Waals surface area contributed by atoms with E-state index in [1.807, 2.05) is 35.8 Å². The van der Waals surface area contributed by atoms with Crippen LogP contribution in [0, 0.1) is 37.9 Å². The molecule has 3 aromatic rings. The normalized spacial score (nSPS) is 17.9. The third-order valence-corrected chi connectivity index (χ3v) is 8.28. The van der Waals surface area contributed by atoms with E-state index >= 15 is 0 Å². The number of nitrogens with one attached hydrogen (secondary N) is 1.